The molecule has 1 aromatic rings. The van der Waals surface area contributed by atoms with E-state index in [2.05, 4.69) is 36.5 Å². The fraction of sp³-hybridized carbons (Fsp3) is 0.571. The normalized spacial score (nSPS) is 34.3. The summed E-state index contributed by atoms with van der Waals surface area (Å²) in [6.07, 6.45) is 2.81. The molecule has 0 bridgehead atoms. The van der Waals surface area contributed by atoms with E-state index in [0.717, 1.165) is 17.8 Å². The SMILES string of the molecule is Cc1ccc([C@H]2C[C@H]3CNC[C@H]3C2)cc1. The van der Waals surface area contributed by atoms with Gasteiger partial charge in [0.15, 0.2) is 0 Å². The number of nitrogens with one attached hydrogen (secondary N) is 1. The van der Waals surface area contributed by atoms with Gasteiger partial charge in [-0.3, -0.25) is 0 Å². The first-order valence-corrected chi connectivity index (χ1v) is 6.10. The van der Waals surface area contributed by atoms with Crippen LogP contribution in [-0.2, 0) is 0 Å². The highest BCUT2D eigenvalue weighted by Crippen LogP contribution is 2.43. The van der Waals surface area contributed by atoms with Crippen LogP contribution in [0.1, 0.15) is 29.9 Å². The van der Waals surface area contributed by atoms with Gasteiger partial charge in [0.05, 0.1) is 0 Å². The summed E-state index contributed by atoms with van der Waals surface area (Å²) < 4.78 is 0. The van der Waals surface area contributed by atoms with E-state index in [1.807, 2.05) is 0 Å². The van der Waals surface area contributed by atoms with Crippen molar-refractivity contribution in [3.63, 3.8) is 0 Å². The molecular formula is C14H19N. The summed E-state index contributed by atoms with van der Waals surface area (Å²) in [6, 6.07) is 9.16. The lowest BCUT2D eigenvalue weighted by Crippen LogP contribution is -2.11. The summed E-state index contributed by atoms with van der Waals surface area (Å²) in [5, 5.41) is 3.51. The van der Waals surface area contributed by atoms with Crippen LogP contribution in [-0.4, -0.2) is 13.1 Å². The van der Waals surface area contributed by atoms with Crippen molar-refractivity contribution in [2.75, 3.05) is 13.1 Å². The molecule has 0 amide bonds. The molecule has 3 atom stereocenters. The third kappa shape index (κ3) is 1.69. The Kier molecular flexibility index (Phi) is 2.28. The van der Waals surface area contributed by atoms with Crippen LogP contribution < -0.4 is 5.32 Å². The van der Waals surface area contributed by atoms with Gasteiger partial charge >= 0.3 is 0 Å². The van der Waals surface area contributed by atoms with Gasteiger partial charge in [0.1, 0.15) is 0 Å². The van der Waals surface area contributed by atoms with Crippen molar-refractivity contribution < 1.29 is 0 Å². The molecule has 2 aliphatic rings. The average molecular weight is 201 g/mol. The van der Waals surface area contributed by atoms with Crippen molar-refractivity contribution in [2.24, 2.45) is 11.8 Å². The highest BCUT2D eigenvalue weighted by atomic mass is 14.9. The Morgan fingerprint density at radius 1 is 1.00 bits per heavy atom. The first-order valence-electron chi connectivity index (χ1n) is 6.10. The molecule has 1 saturated carbocycles. The van der Waals surface area contributed by atoms with Crippen molar-refractivity contribution in [1.82, 2.24) is 5.32 Å². The van der Waals surface area contributed by atoms with Crippen molar-refractivity contribution in [2.45, 2.75) is 25.7 Å². The van der Waals surface area contributed by atoms with Crippen LogP contribution in [0.3, 0.4) is 0 Å². The number of rotatable bonds is 1. The summed E-state index contributed by atoms with van der Waals surface area (Å²) in [5.41, 5.74) is 2.94. The van der Waals surface area contributed by atoms with E-state index in [4.69, 9.17) is 0 Å². The van der Waals surface area contributed by atoms with E-state index in [0.29, 0.717) is 0 Å². The first kappa shape index (κ1) is 9.41. The standard InChI is InChI=1S/C14H19N/c1-10-2-4-11(5-3-10)12-6-13-8-15-9-14(13)7-12/h2-5,12-15H,6-9H2,1H3/t12-,13-,14+. The maximum Gasteiger partial charge on any atom is -0.00171 e. The second-order valence-electron chi connectivity index (χ2n) is 5.26. The summed E-state index contributed by atoms with van der Waals surface area (Å²) in [4.78, 5) is 0. The van der Waals surface area contributed by atoms with E-state index in [9.17, 15) is 0 Å². The van der Waals surface area contributed by atoms with Crippen molar-refractivity contribution in [3.8, 4) is 0 Å². The van der Waals surface area contributed by atoms with Crippen LogP contribution in [0.25, 0.3) is 0 Å². The maximum absolute atomic E-state index is 3.51. The minimum atomic E-state index is 0.836. The van der Waals surface area contributed by atoms with E-state index in [-0.39, 0.29) is 0 Å². The Hall–Kier alpha value is -0.820. The fourth-order valence-corrected chi connectivity index (χ4v) is 3.28. The smallest absolute Gasteiger partial charge is 0.00171 e. The molecule has 1 N–H and O–H groups in total. The van der Waals surface area contributed by atoms with Gasteiger partial charge in [-0.15, -0.1) is 0 Å². The topological polar surface area (TPSA) is 12.0 Å². The van der Waals surface area contributed by atoms with Crippen LogP contribution in [0, 0.1) is 18.8 Å². The molecule has 1 aliphatic heterocycles. The molecule has 1 heteroatoms. The highest BCUT2D eigenvalue weighted by Gasteiger charge is 2.37. The van der Waals surface area contributed by atoms with E-state index in [1.54, 1.807) is 5.56 Å². The van der Waals surface area contributed by atoms with Gasteiger partial charge < -0.3 is 5.32 Å². The molecule has 1 saturated heterocycles. The summed E-state index contributed by atoms with van der Waals surface area (Å²) in [6.45, 7) is 4.68. The van der Waals surface area contributed by atoms with Gasteiger partial charge in [-0.05, 0) is 56.2 Å². The third-order valence-corrected chi connectivity index (χ3v) is 4.20. The molecule has 0 radical (unpaired) electrons. The molecule has 3 rings (SSSR count). The second-order valence-corrected chi connectivity index (χ2v) is 5.26. The van der Waals surface area contributed by atoms with E-state index < -0.39 is 0 Å². The van der Waals surface area contributed by atoms with Crippen molar-refractivity contribution in [1.29, 1.82) is 0 Å². The molecule has 15 heavy (non-hydrogen) atoms. The molecule has 1 heterocycles. The van der Waals surface area contributed by atoms with Crippen molar-refractivity contribution in [3.05, 3.63) is 35.4 Å². The first-order chi connectivity index (χ1) is 7.33. The van der Waals surface area contributed by atoms with Gasteiger partial charge in [0, 0.05) is 0 Å². The lowest BCUT2D eigenvalue weighted by atomic mass is 9.95. The lowest BCUT2D eigenvalue weighted by Gasteiger charge is -2.11. The molecular weight excluding hydrogens is 182 g/mol. The highest BCUT2D eigenvalue weighted by molar-refractivity contribution is 5.25. The zero-order valence-corrected chi connectivity index (χ0v) is 9.37. The Morgan fingerprint density at radius 3 is 2.20 bits per heavy atom. The largest absolute Gasteiger partial charge is 0.316 e. The molecule has 0 aromatic heterocycles. The number of aryl methyl sites for hydroxylation is 1. The molecule has 2 fully saturated rings. The predicted molar refractivity (Wildman–Crippen MR) is 63.0 cm³/mol. The Morgan fingerprint density at radius 2 is 1.60 bits per heavy atom. The molecule has 80 valence electrons. The van der Waals surface area contributed by atoms with E-state index >= 15 is 0 Å². The monoisotopic (exact) mass is 201 g/mol. The fourth-order valence-electron chi connectivity index (χ4n) is 3.28. The van der Waals surface area contributed by atoms with Crippen molar-refractivity contribution >= 4 is 0 Å². The molecule has 0 unspecified atom stereocenters. The van der Waals surface area contributed by atoms with Gasteiger partial charge in [0.2, 0.25) is 0 Å². The van der Waals surface area contributed by atoms with Gasteiger partial charge in [-0.1, -0.05) is 29.8 Å². The zero-order valence-electron chi connectivity index (χ0n) is 9.37. The quantitative estimate of drug-likeness (QED) is 0.736. The van der Waals surface area contributed by atoms with Gasteiger partial charge in [-0.2, -0.15) is 0 Å². The minimum absolute atomic E-state index is 0.836. The Labute approximate surface area is 91.9 Å². The predicted octanol–water partition coefficient (Wildman–Crippen LogP) is 2.71. The number of benzene rings is 1. The van der Waals surface area contributed by atoms with Crippen LogP contribution >= 0.6 is 0 Å². The number of fused-ring (bicyclic) bond motifs is 1. The minimum Gasteiger partial charge on any atom is -0.316 e. The number of hydrogen-bond donors (Lipinski definition) is 1. The Balaban J connectivity index is 1.76. The van der Waals surface area contributed by atoms with Gasteiger partial charge in [-0.25, -0.2) is 0 Å². The molecule has 1 nitrogen and oxygen atoms in total. The second kappa shape index (κ2) is 3.64. The van der Waals surface area contributed by atoms with Gasteiger partial charge in [0.25, 0.3) is 0 Å². The third-order valence-electron chi connectivity index (χ3n) is 4.20. The van der Waals surface area contributed by atoms with Crippen LogP contribution in [0.15, 0.2) is 24.3 Å². The van der Waals surface area contributed by atoms with E-state index in [1.165, 1.54) is 31.5 Å². The van der Waals surface area contributed by atoms with Crippen LogP contribution in [0.4, 0.5) is 0 Å². The zero-order chi connectivity index (χ0) is 10.3. The summed E-state index contributed by atoms with van der Waals surface area (Å²) in [5.74, 6) is 2.75. The molecule has 0 spiro atoms. The Bertz CT molecular complexity index is 329. The maximum atomic E-state index is 3.51. The lowest BCUT2D eigenvalue weighted by molar-refractivity contribution is 0.494. The number of hydrogen-bond acceptors (Lipinski definition) is 1. The molecule has 1 aliphatic carbocycles. The summed E-state index contributed by atoms with van der Waals surface area (Å²) >= 11 is 0. The van der Waals surface area contributed by atoms with Crippen LogP contribution in [0.5, 0.6) is 0 Å². The molecule has 1 aromatic carbocycles. The average Bonchev–Trinajstić information content (AvgIpc) is 2.78. The van der Waals surface area contributed by atoms with Crippen LogP contribution in [0.2, 0.25) is 0 Å². The summed E-state index contributed by atoms with van der Waals surface area (Å²) in [7, 11) is 0.